The van der Waals surface area contributed by atoms with Crippen LogP contribution in [0.5, 0.6) is 0 Å². The van der Waals surface area contributed by atoms with Crippen molar-refractivity contribution in [2.75, 3.05) is 20.1 Å². The minimum absolute atomic E-state index is 0.0267. The van der Waals surface area contributed by atoms with Crippen molar-refractivity contribution in [3.8, 4) is 0 Å². The SMILES string of the molecule is CN(Cc1ccsc1)C(=O)C1CCN(C(=O)C(F)(F)F)CC1. The van der Waals surface area contributed by atoms with E-state index < -0.39 is 12.1 Å². The first-order chi connectivity index (χ1) is 10.3. The van der Waals surface area contributed by atoms with Gasteiger partial charge in [0.25, 0.3) is 0 Å². The molecule has 2 amide bonds. The van der Waals surface area contributed by atoms with Gasteiger partial charge in [-0.2, -0.15) is 24.5 Å². The van der Waals surface area contributed by atoms with Crippen molar-refractivity contribution in [1.29, 1.82) is 0 Å². The van der Waals surface area contributed by atoms with E-state index in [-0.39, 0.29) is 37.8 Å². The van der Waals surface area contributed by atoms with Crippen LogP contribution in [0.2, 0.25) is 0 Å². The van der Waals surface area contributed by atoms with E-state index in [1.807, 2.05) is 16.8 Å². The number of nitrogens with zero attached hydrogens (tertiary/aromatic N) is 2. The van der Waals surface area contributed by atoms with Gasteiger partial charge in [-0.05, 0) is 35.2 Å². The molecule has 22 heavy (non-hydrogen) atoms. The van der Waals surface area contributed by atoms with E-state index in [2.05, 4.69) is 0 Å². The van der Waals surface area contributed by atoms with Gasteiger partial charge in [0.15, 0.2) is 0 Å². The molecule has 4 nitrogen and oxygen atoms in total. The molecule has 122 valence electrons. The van der Waals surface area contributed by atoms with Crippen LogP contribution in [0, 0.1) is 5.92 Å². The van der Waals surface area contributed by atoms with Crippen LogP contribution in [0.15, 0.2) is 16.8 Å². The smallest absolute Gasteiger partial charge is 0.341 e. The molecule has 1 saturated heterocycles. The number of hydrogen-bond donors (Lipinski definition) is 0. The number of rotatable bonds is 3. The number of carbonyl (C=O) groups excluding carboxylic acids is 2. The molecule has 0 bridgehead atoms. The summed E-state index contributed by atoms with van der Waals surface area (Å²) < 4.78 is 37.1. The van der Waals surface area contributed by atoms with Crippen LogP contribution in [0.4, 0.5) is 13.2 Å². The van der Waals surface area contributed by atoms with Crippen molar-refractivity contribution < 1.29 is 22.8 Å². The quantitative estimate of drug-likeness (QED) is 0.852. The molecular formula is C14H17F3N2O2S. The molecule has 2 heterocycles. The van der Waals surface area contributed by atoms with E-state index in [4.69, 9.17) is 0 Å². The lowest BCUT2D eigenvalue weighted by Crippen LogP contribution is -2.47. The third kappa shape index (κ3) is 4.00. The van der Waals surface area contributed by atoms with Crippen LogP contribution >= 0.6 is 11.3 Å². The molecule has 1 aromatic heterocycles. The Balaban J connectivity index is 1.86. The van der Waals surface area contributed by atoms with Gasteiger partial charge in [-0.1, -0.05) is 0 Å². The highest BCUT2D eigenvalue weighted by Crippen LogP contribution is 2.25. The summed E-state index contributed by atoms with van der Waals surface area (Å²) in [6, 6.07) is 1.93. The zero-order chi connectivity index (χ0) is 16.3. The summed E-state index contributed by atoms with van der Waals surface area (Å²) in [5.41, 5.74) is 1.03. The number of thiophene rings is 1. The Kier molecular flexibility index (Phi) is 5.10. The Morgan fingerprint density at radius 2 is 2.00 bits per heavy atom. The molecule has 0 atom stereocenters. The maximum absolute atomic E-state index is 12.4. The summed E-state index contributed by atoms with van der Waals surface area (Å²) in [5, 5.41) is 3.88. The Hall–Kier alpha value is -1.57. The molecule has 1 fully saturated rings. The first-order valence-electron chi connectivity index (χ1n) is 6.91. The van der Waals surface area contributed by atoms with E-state index in [1.165, 1.54) is 0 Å². The number of halogens is 3. The molecule has 0 N–H and O–H groups in total. The minimum atomic E-state index is -4.84. The standard InChI is InChI=1S/C14H17F3N2O2S/c1-18(8-10-4-7-22-9-10)12(20)11-2-5-19(6-3-11)13(21)14(15,16)17/h4,7,9,11H,2-3,5-6,8H2,1H3. The number of amides is 2. The number of piperidine rings is 1. The van der Waals surface area contributed by atoms with E-state index in [0.717, 1.165) is 10.5 Å². The maximum atomic E-state index is 12.4. The molecule has 0 unspecified atom stereocenters. The predicted octanol–water partition coefficient (Wildman–Crippen LogP) is 2.51. The zero-order valence-electron chi connectivity index (χ0n) is 12.1. The molecule has 0 radical (unpaired) electrons. The van der Waals surface area contributed by atoms with Gasteiger partial charge in [-0.25, -0.2) is 0 Å². The van der Waals surface area contributed by atoms with Gasteiger partial charge in [0.05, 0.1) is 0 Å². The van der Waals surface area contributed by atoms with Gasteiger partial charge >= 0.3 is 12.1 Å². The molecule has 0 aromatic carbocycles. The number of carbonyl (C=O) groups is 2. The summed E-state index contributed by atoms with van der Waals surface area (Å²) in [5.74, 6) is -2.21. The number of alkyl halides is 3. The van der Waals surface area contributed by atoms with E-state index in [9.17, 15) is 22.8 Å². The van der Waals surface area contributed by atoms with Crippen molar-refractivity contribution in [3.05, 3.63) is 22.4 Å². The lowest BCUT2D eigenvalue weighted by atomic mass is 9.95. The molecule has 0 saturated carbocycles. The lowest BCUT2D eigenvalue weighted by molar-refractivity contribution is -0.187. The van der Waals surface area contributed by atoms with Crippen LogP contribution in [-0.2, 0) is 16.1 Å². The van der Waals surface area contributed by atoms with Gasteiger partial charge in [0.2, 0.25) is 5.91 Å². The molecule has 1 aromatic rings. The van der Waals surface area contributed by atoms with Crippen LogP contribution in [-0.4, -0.2) is 47.9 Å². The summed E-state index contributed by atoms with van der Waals surface area (Å²) in [6.07, 6.45) is -4.30. The Bertz CT molecular complexity index is 523. The van der Waals surface area contributed by atoms with Gasteiger partial charge in [-0.3, -0.25) is 9.59 Å². The Morgan fingerprint density at radius 1 is 1.36 bits per heavy atom. The fraction of sp³-hybridized carbons (Fsp3) is 0.571. The summed E-state index contributed by atoms with van der Waals surface area (Å²) >= 11 is 1.55. The van der Waals surface area contributed by atoms with Gasteiger partial charge < -0.3 is 9.80 Å². The molecule has 8 heteroatoms. The maximum Gasteiger partial charge on any atom is 0.471 e. The summed E-state index contributed by atoms with van der Waals surface area (Å²) in [6.45, 7) is 0.437. The second kappa shape index (κ2) is 6.68. The normalized spacial score (nSPS) is 16.6. The largest absolute Gasteiger partial charge is 0.471 e. The van der Waals surface area contributed by atoms with Gasteiger partial charge in [0, 0.05) is 32.6 Å². The molecule has 0 aliphatic carbocycles. The highest BCUT2D eigenvalue weighted by Gasteiger charge is 2.43. The highest BCUT2D eigenvalue weighted by atomic mass is 32.1. The van der Waals surface area contributed by atoms with E-state index in [0.29, 0.717) is 6.54 Å². The van der Waals surface area contributed by atoms with E-state index >= 15 is 0 Å². The van der Waals surface area contributed by atoms with Crippen molar-refractivity contribution >= 4 is 23.2 Å². The number of likely N-dealkylation sites (tertiary alicyclic amines) is 1. The van der Waals surface area contributed by atoms with Crippen molar-refractivity contribution in [2.45, 2.75) is 25.6 Å². The van der Waals surface area contributed by atoms with Crippen molar-refractivity contribution in [3.63, 3.8) is 0 Å². The van der Waals surface area contributed by atoms with Crippen LogP contribution in [0.3, 0.4) is 0 Å². The first kappa shape index (κ1) is 16.8. The molecule has 2 rings (SSSR count). The highest BCUT2D eigenvalue weighted by molar-refractivity contribution is 7.07. The fourth-order valence-electron chi connectivity index (χ4n) is 2.55. The molecular weight excluding hydrogens is 317 g/mol. The van der Waals surface area contributed by atoms with Crippen LogP contribution in [0.25, 0.3) is 0 Å². The third-order valence-electron chi connectivity index (χ3n) is 3.75. The molecule has 1 aliphatic rings. The van der Waals surface area contributed by atoms with Gasteiger partial charge in [-0.15, -0.1) is 0 Å². The Morgan fingerprint density at radius 3 is 2.50 bits per heavy atom. The van der Waals surface area contributed by atoms with Crippen LogP contribution < -0.4 is 0 Å². The van der Waals surface area contributed by atoms with Crippen molar-refractivity contribution in [1.82, 2.24) is 9.80 Å². The second-order valence-electron chi connectivity index (χ2n) is 5.39. The van der Waals surface area contributed by atoms with E-state index in [1.54, 1.807) is 23.3 Å². The average Bonchev–Trinajstić information content (AvgIpc) is 2.97. The fourth-order valence-corrected chi connectivity index (χ4v) is 3.21. The zero-order valence-corrected chi connectivity index (χ0v) is 12.9. The first-order valence-corrected chi connectivity index (χ1v) is 7.85. The summed E-state index contributed by atoms with van der Waals surface area (Å²) in [4.78, 5) is 25.8. The topological polar surface area (TPSA) is 40.6 Å². The predicted molar refractivity (Wildman–Crippen MR) is 76.2 cm³/mol. The van der Waals surface area contributed by atoms with Crippen molar-refractivity contribution in [2.24, 2.45) is 5.92 Å². The van der Waals surface area contributed by atoms with Crippen LogP contribution in [0.1, 0.15) is 18.4 Å². The summed E-state index contributed by atoms with van der Waals surface area (Å²) in [7, 11) is 1.69. The molecule has 1 aliphatic heterocycles. The minimum Gasteiger partial charge on any atom is -0.341 e. The number of hydrogen-bond acceptors (Lipinski definition) is 3. The lowest BCUT2D eigenvalue weighted by Gasteiger charge is -2.33. The second-order valence-corrected chi connectivity index (χ2v) is 6.17. The average molecular weight is 334 g/mol. The Labute approximate surface area is 130 Å². The molecule has 0 spiro atoms. The monoisotopic (exact) mass is 334 g/mol. The van der Waals surface area contributed by atoms with Gasteiger partial charge in [0.1, 0.15) is 0 Å². The third-order valence-corrected chi connectivity index (χ3v) is 4.48.